The van der Waals surface area contributed by atoms with Gasteiger partial charge in [0.15, 0.2) is 5.54 Å². The third kappa shape index (κ3) is 5.02. The summed E-state index contributed by atoms with van der Waals surface area (Å²) in [5.41, 5.74) is 13.7. The Labute approximate surface area is 181 Å². The Hall–Kier alpha value is -2.59. The summed E-state index contributed by atoms with van der Waals surface area (Å²) in [6.07, 6.45) is 2.88. The van der Waals surface area contributed by atoms with Crippen LogP contribution in [0.4, 0.5) is 0 Å². The van der Waals surface area contributed by atoms with Crippen LogP contribution >= 0.6 is 0 Å². The number of benzene rings is 1. The van der Waals surface area contributed by atoms with Crippen LogP contribution in [0, 0.1) is 5.92 Å². The molecule has 0 radical (unpaired) electrons. The van der Waals surface area contributed by atoms with Gasteiger partial charge in [0.05, 0.1) is 5.54 Å². The summed E-state index contributed by atoms with van der Waals surface area (Å²) >= 11 is 0. The number of hydrogen-bond donors (Lipinski definition) is 3. The lowest BCUT2D eigenvalue weighted by Gasteiger charge is -2.39. The van der Waals surface area contributed by atoms with Gasteiger partial charge in [-0.3, -0.25) is 9.59 Å². The van der Waals surface area contributed by atoms with Crippen LogP contribution in [0.1, 0.15) is 37.7 Å². The third-order valence-corrected chi connectivity index (χ3v) is 6.31. The zero-order valence-corrected chi connectivity index (χ0v) is 17.4. The quantitative estimate of drug-likeness (QED) is 0.177. The van der Waals surface area contributed by atoms with Gasteiger partial charge in [-0.15, -0.1) is 0 Å². The highest BCUT2D eigenvalue weighted by Gasteiger charge is 2.56. The third-order valence-electron chi connectivity index (χ3n) is 6.31. The van der Waals surface area contributed by atoms with Crippen molar-refractivity contribution in [2.24, 2.45) is 16.8 Å². The van der Waals surface area contributed by atoms with Gasteiger partial charge in [-0.1, -0.05) is 41.9 Å². The van der Waals surface area contributed by atoms with Crippen LogP contribution in [0.5, 0.6) is 0 Å². The summed E-state index contributed by atoms with van der Waals surface area (Å²) in [6, 6.07) is 9.12. The Kier molecular flexibility index (Phi) is 7.22. The molecule has 1 heterocycles. The maximum atomic E-state index is 13.2. The molecule has 1 aliphatic carbocycles. The van der Waals surface area contributed by atoms with Gasteiger partial charge in [-0.25, -0.2) is 0 Å². The molecule has 2 fully saturated rings. The molecular weight excluding hydrogens is 401 g/mol. The Morgan fingerprint density at radius 2 is 2.03 bits per heavy atom. The number of nitrogens with zero attached hydrogens (tertiary/aromatic N) is 4. The molecule has 31 heavy (non-hydrogen) atoms. The van der Waals surface area contributed by atoms with Crippen molar-refractivity contribution in [2.45, 2.75) is 56.1 Å². The molecule has 4 N–H and O–H groups in total. The van der Waals surface area contributed by atoms with Crippen molar-refractivity contribution in [2.75, 3.05) is 13.1 Å². The first-order valence-corrected chi connectivity index (χ1v) is 10.5. The molecule has 1 aliphatic heterocycles. The van der Waals surface area contributed by atoms with Gasteiger partial charge in [0.1, 0.15) is 6.61 Å². The van der Waals surface area contributed by atoms with E-state index in [0.717, 1.165) is 12.0 Å². The lowest BCUT2D eigenvalue weighted by Crippen LogP contribution is -2.59. The SMILES string of the molecule is [N-]=[N+]=N[C@@]1(C(=O)OCc2ccccc2)CN(C(=O)C2(N)CCC2)C[C@@H]1CCCB(O)O. The fraction of sp³-hybridized carbons (Fsp3) is 0.600. The molecule has 166 valence electrons. The highest BCUT2D eigenvalue weighted by molar-refractivity contribution is 6.40. The minimum Gasteiger partial charge on any atom is -0.460 e. The fourth-order valence-electron chi connectivity index (χ4n) is 4.33. The Morgan fingerprint density at radius 3 is 2.61 bits per heavy atom. The number of likely N-dealkylation sites (tertiary alicyclic amines) is 1. The number of rotatable bonds is 9. The monoisotopic (exact) mass is 429 g/mol. The van der Waals surface area contributed by atoms with Crippen molar-refractivity contribution in [1.82, 2.24) is 4.90 Å². The molecule has 2 atom stereocenters. The highest BCUT2D eigenvalue weighted by atomic mass is 16.5. The Bertz CT molecular complexity index is 844. The van der Waals surface area contributed by atoms with Crippen molar-refractivity contribution in [3.63, 3.8) is 0 Å². The van der Waals surface area contributed by atoms with Gasteiger partial charge in [0.2, 0.25) is 5.91 Å². The van der Waals surface area contributed by atoms with E-state index in [1.165, 1.54) is 4.90 Å². The minimum atomic E-state index is -1.58. The molecule has 1 saturated heterocycles. The summed E-state index contributed by atoms with van der Waals surface area (Å²) in [5.74, 6) is -1.46. The first-order chi connectivity index (χ1) is 14.8. The summed E-state index contributed by atoms with van der Waals surface area (Å²) in [4.78, 5) is 30.6. The van der Waals surface area contributed by atoms with E-state index >= 15 is 0 Å². The van der Waals surface area contributed by atoms with Crippen molar-refractivity contribution < 1.29 is 24.4 Å². The van der Waals surface area contributed by atoms with Gasteiger partial charge >= 0.3 is 13.1 Å². The van der Waals surface area contributed by atoms with Crippen LogP contribution in [-0.4, -0.2) is 58.1 Å². The lowest BCUT2D eigenvalue weighted by atomic mass is 9.76. The van der Waals surface area contributed by atoms with Crippen LogP contribution in [0.25, 0.3) is 10.4 Å². The van der Waals surface area contributed by atoms with E-state index in [0.29, 0.717) is 25.7 Å². The van der Waals surface area contributed by atoms with Crippen molar-refractivity contribution in [3.05, 3.63) is 46.3 Å². The maximum Gasteiger partial charge on any atom is 0.451 e. The van der Waals surface area contributed by atoms with Crippen molar-refractivity contribution in [1.29, 1.82) is 0 Å². The van der Waals surface area contributed by atoms with E-state index in [1.54, 1.807) is 0 Å². The van der Waals surface area contributed by atoms with E-state index in [4.69, 9.17) is 20.5 Å². The van der Waals surface area contributed by atoms with Gasteiger partial charge in [0, 0.05) is 23.9 Å². The molecule has 3 rings (SSSR count). The highest BCUT2D eigenvalue weighted by Crippen LogP contribution is 2.40. The van der Waals surface area contributed by atoms with Crippen LogP contribution in [0.15, 0.2) is 35.4 Å². The summed E-state index contributed by atoms with van der Waals surface area (Å²) < 4.78 is 5.51. The number of carbonyl (C=O) groups is 2. The number of hydrogen-bond acceptors (Lipinski definition) is 7. The average Bonchev–Trinajstić information content (AvgIpc) is 3.10. The lowest BCUT2D eigenvalue weighted by molar-refractivity contribution is -0.152. The van der Waals surface area contributed by atoms with Crippen LogP contribution < -0.4 is 5.73 Å². The van der Waals surface area contributed by atoms with Crippen LogP contribution in [-0.2, 0) is 20.9 Å². The molecule has 10 nitrogen and oxygen atoms in total. The normalized spacial score (nSPS) is 24.1. The average molecular weight is 429 g/mol. The van der Waals surface area contributed by atoms with Gasteiger partial charge in [-0.2, -0.15) is 0 Å². The predicted molar refractivity (Wildman–Crippen MR) is 113 cm³/mol. The number of carbonyl (C=O) groups excluding carboxylic acids is 2. The predicted octanol–water partition coefficient (Wildman–Crippen LogP) is 1.37. The summed E-state index contributed by atoms with van der Waals surface area (Å²) in [6.45, 7) is 0.104. The molecule has 0 aromatic heterocycles. The van der Waals surface area contributed by atoms with Crippen molar-refractivity contribution >= 4 is 19.0 Å². The van der Waals surface area contributed by atoms with Crippen molar-refractivity contribution in [3.8, 4) is 0 Å². The largest absolute Gasteiger partial charge is 0.460 e. The molecule has 0 bridgehead atoms. The van der Waals surface area contributed by atoms with Gasteiger partial charge in [0.25, 0.3) is 0 Å². The molecule has 0 unspecified atom stereocenters. The molecule has 2 aliphatic rings. The van der Waals surface area contributed by atoms with E-state index in [2.05, 4.69) is 10.0 Å². The molecular formula is C20H28BN5O5. The number of azide groups is 1. The van der Waals surface area contributed by atoms with E-state index in [9.17, 15) is 15.1 Å². The molecule has 1 aromatic carbocycles. The topological polar surface area (TPSA) is 162 Å². The van der Waals surface area contributed by atoms with Gasteiger partial charge < -0.3 is 25.4 Å². The fourth-order valence-corrected chi connectivity index (χ4v) is 4.33. The Morgan fingerprint density at radius 1 is 1.32 bits per heavy atom. The molecule has 11 heteroatoms. The number of amides is 1. The van der Waals surface area contributed by atoms with Gasteiger partial charge in [-0.05, 0) is 43.1 Å². The zero-order valence-electron chi connectivity index (χ0n) is 17.4. The number of nitrogens with two attached hydrogens (primary N) is 1. The first-order valence-electron chi connectivity index (χ1n) is 10.5. The summed E-state index contributed by atoms with van der Waals surface area (Å²) in [5, 5.41) is 22.2. The molecule has 0 spiro atoms. The smallest absolute Gasteiger partial charge is 0.451 e. The van der Waals surface area contributed by atoms with E-state index in [1.807, 2.05) is 30.3 Å². The number of esters is 1. The maximum absolute atomic E-state index is 13.2. The molecule has 1 amide bonds. The van der Waals surface area contributed by atoms with Crippen LogP contribution in [0.2, 0.25) is 6.32 Å². The van der Waals surface area contributed by atoms with Crippen LogP contribution in [0.3, 0.4) is 0 Å². The second kappa shape index (κ2) is 9.70. The standard InChI is InChI=1S/C20H28BN5O5/c22-19(9-5-10-19)17(27)26-12-16(8-4-11-21(29)30)20(14-26,24-25-23)18(28)31-13-15-6-2-1-3-7-15/h1-3,6-7,16,29-30H,4-5,8-14,22H2/t16-,20-/m0/s1. The second-order valence-corrected chi connectivity index (χ2v) is 8.48. The first kappa shape index (κ1) is 23.1. The number of ether oxygens (including phenoxy) is 1. The van der Waals surface area contributed by atoms with E-state index < -0.39 is 30.1 Å². The molecule has 1 saturated carbocycles. The second-order valence-electron chi connectivity index (χ2n) is 8.48. The Balaban J connectivity index is 1.81. The summed E-state index contributed by atoms with van der Waals surface area (Å²) in [7, 11) is -1.47. The zero-order chi connectivity index (χ0) is 22.5. The minimum absolute atomic E-state index is 0.0131. The van der Waals surface area contributed by atoms with E-state index in [-0.39, 0.29) is 31.9 Å². The molecule has 1 aromatic rings.